The fourth-order valence-corrected chi connectivity index (χ4v) is 3.72. The largest absolute Gasteiger partial charge is 0.456 e. The lowest BCUT2D eigenvalue weighted by molar-refractivity contribution is -0.384. The van der Waals surface area contributed by atoms with Crippen molar-refractivity contribution in [2.75, 3.05) is 0 Å². The van der Waals surface area contributed by atoms with Gasteiger partial charge in [-0.1, -0.05) is 66.7 Å². The number of rotatable bonds is 2. The van der Waals surface area contributed by atoms with Crippen LogP contribution in [0.5, 0.6) is 11.5 Å². The molecule has 1 heterocycles. The summed E-state index contributed by atoms with van der Waals surface area (Å²) in [5.41, 5.74) is 5.34. The van der Waals surface area contributed by atoms with Gasteiger partial charge in [-0.2, -0.15) is 0 Å². The number of nitrogens with zero attached hydrogens (tertiary/aromatic N) is 1. The summed E-state index contributed by atoms with van der Waals surface area (Å²) in [4.78, 5) is 11.4. The highest BCUT2D eigenvalue weighted by Crippen LogP contribution is 2.50. The maximum absolute atomic E-state index is 11.7. The van der Waals surface area contributed by atoms with Crippen molar-refractivity contribution in [2.24, 2.45) is 0 Å². The zero-order valence-electron chi connectivity index (χ0n) is 14.8. The van der Waals surface area contributed by atoms with Gasteiger partial charge in [-0.3, -0.25) is 10.1 Å². The Morgan fingerprint density at radius 2 is 1.39 bits per heavy atom. The smallest absolute Gasteiger partial charge is 0.280 e. The lowest BCUT2D eigenvalue weighted by atomic mass is 9.90. The first-order chi connectivity index (χ1) is 13.7. The van der Waals surface area contributed by atoms with Gasteiger partial charge in [0.05, 0.1) is 4.92 Å². The normalized spacial score (nSPS) is 11.4. The molecule has 4 aromatic carbocycles. The molecule has 134 valence electrons. The highest BCUT2D eigenvalue weighted by molar-refractivity contribution is 5.95. The molecule has 0 N–H and O–H groups in total. The lowest BCUT2D eigenvalue weighted by Crippen LogP contribution is -1.94. The highest BCUT2D eigenvalue weighted by Gasteiger charge is 2.27. The molecule has 0 fully saturated rings. The maximum Gasteiger partial charge on any atom is 0.280 e. The lowest BCUT2D eigenvalue weighted by Gasteiger charge is -2.11. The van der Waals surface area contributed by atoms with Crippen LogP contribution in [-0.2, 0) is 0 Å². The minimum Gasteiger partial charge on any atom is -0.456 e. The van der Waals surface area contributed by atoms with Gasteiger partial charge < -0.3 is 4.74 Å². The summed E-state index contributed by atoms with van der Waals surface area (Å²) in [5, 5.41) is 11.7. The molecule has 0 unspecified atom stereocenters. The molecule has 1 aliphatic rings. The SMILES string of the molecule is O=[N+]([O-])c1cccc2c1-c1ccc(-c3ccccc3)cc1-c1ccccc1O2. The first-order valence-electron chi connectivity index (χ1n) is 8.97. The number of nitro groups is 1. The molecule has 5 rings (SSSR count). The van der Waals surface area contributed by atoms with Gasteiger partial charge in [-0.15, -0.1) is 0 Å². The summed E-state index contributed by atoms with van der Waals surface area (Å²) >= 11 is 0. The van der Waals surface area contributed by atoms with Gasteiger partial charge in [0.15, 0.2) is 0 Å². The molecule has 0 aliphatic carbocycles. The number of benzene rings is 4. The molecular weight excluding hydrogens is 350 g/mol. The van der Waals surface area contributed by atoms with E-state index in [4.69, 9.17) is 4.74 Å². The van der Waals surface area contributed by atoms with E-state index in [9.17, 15) is 10.1 Å². The molecule has 0 saturated carbocycles. The summed E-state index contributed by atoms with van der Waals surface area (Å²) < 4.78 is 6.12. The van der Waals surface area contributed by atoms with Crippen LogP contribution in [0.15, 0.2) is 91.0 Å². The molecule has 0 amide bonds. The Balaban J connectivity index is 1.85. The molecule has 0 radical (unpaired) electrons. The Morgan fingerprint density at radius 3 is 2.21 bits per heavy atom. The van der Waals surface area contributed by atoms with E-state index in [1.54, 1.807) is 12.1 Å². The van der Waals surface area contributed by atoms with Gasteiger partial charge in [0.25, 0.3) is 5.69 Å². The van der Waals surface area contributed by atoms with E-state index in [1.165, 1.54) is 6.07 Å². The Kier molecular flexibility index (Phi) is 3.69. The second-order valence-electron chi connectivity index (χ2n) is 6.63. The Labute approximate surface area is 161 Å². The minimum atomic E-state index is -0.354. The zero-order chi connectivity index (χ0) is 19.1. The summed E-state index contributed by atoms with van der Waals surface area (Å²) in [6.07, 6.45) is 0. The quantitative estimate of drug-likeness (QED) is 0.258. The number of ether oxygens (including phenoxy) is 1. The molecule has 0 bridgehead atoms. The van der Waals surface area contributed by atoms with Crippen LogP contribution in [0.4, 0.5) is 5.69 Å². The van der Waals surface area contributed by atoms with E-state index in [2.05, 4.69) is 18.2 Å². The van der Waals surface area contributed by atoms with Gasteiger partial charge in [0.1, 0.15) is 17.1 Å². The number of nitro benzene ring substituents is 1. The van der Waals surface area contributed by atoms with Crippen molar-refractivity contribution in [2.45, 2.75) is 0 Å². The molecule has 4 aromatic rings. The Bertz CT molecular complexity index is 1220. The van der Waals surface area contributed by atoms with E-state index in [1.807, 2.05) is 54.6 Å². The van der Waals surface area contributed by atoms with Crippen molar-refractivity contribution in [1.82, 2.24) is 0 Å². The topological polar surface area (TPSA) is 52.4 Å². The summed E-state index contributed by atoms with van der Waals surface area (Å²) in [6, 6.07) is 28.8. The monoisotopic (exact) mass is 365 g/mol. The number of hydrogen-bond donors (Lipinski definition) is 0. The third-order valence-electron chi connectivity index (χ3n) is 4.99. The van der Waals surface area contributed by atoms with Crippen molar-refractivity contribution in [1.29, 1.82) is 0 Å². The van der Waals surface area contributed by atoms with E-state index in [0.717, 1.165) is 27.8 Å². The average molecular weight is 365 g/mol. The first-order valence-corrected chi connectivity index (χ1v) is 8.97. The minimum absolute atomic E-state index is 0.0408. The second-order valence-corrected chi connectivity index (χ2v) is 6.63. The van der Waals surface area contributed by atoms with E-state index in [-0.39, 0.29) is 10.6 Å². The van der Waals surface area contributed by atoms with Crippen LogP contribution >= 0.6 is 0 Å². The van der Waals surface area contributed by atoms with Crippen LogP contribution in [0.25, 0.3) is 33.4 Å². The van der Waals surface area contributed by atoms with Gasteiger partial charge in [0, 0.05) is 17.2 Å². The van der Waals surface area contributed by atoms with Crippen LogP contribution < -0.4 is 4.74 Å². The van der Waals surface area contributed by atoms with Crippen LogP contribution in [0.2, 0.25) is 0 Å². The second kappa shape index (κ2) is 6.35. The van der Waals surface area contributed by atoms with E-state index < -0.39 is 0 Å². The molecule has 0 atom stereocenters. The van der Waals surface area contributed by atoms with Gasteiger partial charge in [0.2, 0.25) is 0 Å². The van der Waals surface area contributed by atoms with Crippen molar-refractivity contribution in [3.05, 3.63) is 101 Å². The summed E-state index contributed by atoms with van der Waals surface area (Å²) in [6.45, 7) is 0. The van der Waals surface area contributed by atoms with Gasteiger partial charge >= 0.3 is 0 Å². The van der Waals surface area contributed by atoms with Crippen molar-refractivity contribution >= 4 is 5.69 Å². The fourth-order valence-electron chi connectivity index (χ4n) is 3.72. The summed E-state index contributed by atoms with van der Waals surface area (Å²) in [5.74, 6) is 1.18. The van der Waals surface area contributed by atoms with Gasteiger partial charge in [-0.25, -0.2) is 0 Å². The molecule has 0 saturated heterocycles. The van der Waals surface area contributed by atoms with Gasteiger partial charge in [-0.05, 0) is 34.9 Å². The first kappa shape index (κ1) is 16.3. The van der Waals surface area contributed by atoms with E-state index in [0.29, 0.717) is 17.1 Å². The number of hydrogen-bond acceptors (Lipinski definition) is 3. The maximum atomic E-state index is 11.7. The summed E-state index contributed by atoms with van der Waals surface area (Å²) in [7, 11) is 0. The molecule has 0 aromatic heterocycles. The molecule has 0 spiro atoms. The molecule has 4 nitrogen and oxygen atoms in total. The Morgan fingerprint density at radius 1 is 0.643 bits per heavy atom. The van der Waals surface area contributed by atoms with Crippen LogP contribution in [0, 0.1) is 10.1 Å². The standard InChI is InChI=1S/C24H15NO3/c26-25(27)21-10-6-12-23-24(21)19-14-13-17(16-7-2-1-3-8-16)15-20(19)18-9-4-5-11-22(18)28-23/h1-15H. The molecule has 4 heteroatoms. The average Bonchev–Trinajstić information content (AvgIpc) is 2.88. The van der Waals surface area contributed by atoms with Crippen molar-refractivity contribution in [3.63, 3.8) is 0 Å². The predicted octanol–water partition coefficient (Wildman–Crippen LogP) is 6.70. The number of para-hydroxylation sites is 1. The van der Waals surface area contributed by atoms with Crippen molar-refractivity contribution < 1.29 is 9.66 Å². The number of fused-ring (bicyclic) bond motifs is 5. The molecule has 28 heavy (non-hydrogen) atoms. The van der Waals surface area contributed by atoms with Crippen LogP contribution in [0.1, 0.15) is 0 Å². The van der Waals surface area contributed by atoms with Crippen molar-refractivity contribution in [3.8, 4) is 44.9 Å². The third-order valence-corrected chi connectivity index (χ3v) is 4.99. The van der Waals surface area contributed by atoms with E-state index >= 15 is 0 Å². The predicted molar refractivity (Wildman–Crippen MR) is 109 cm³/mol. The molecule has 1 aliphatic heterocycles. The zero-order valence-corrected chi connectivity index (χ0v) is 14.8. The highest BCUT2D eigenvalue weighted by atomic mass is 16.6. The van der Waals surface area contributed by atoms with Crippen LogP contribution in [-0.4, -0.2) is 4.92 Å². The third kappa shape index (κ3) is 2.55. The Hall–Kier alpha value is -3.92. The van der Waals surface area contributed by atoms with Crippen LogP contribution in [0.3, 0.4) is 0 Å². The fraction of sp³-hybridized carbons (Fsp3) is 0. The molecular formula is C24H15NO3.